The molecule has 1 saturated heterocycles. The molecule has 1 aliphatic rings. The van der Waals surface area contributed by atoms with Crippen LogP contribution in [0.4, 0.5) is 39.8 Å². The molecule has 0 amide bonds. The summed E-state index contributed by atoms with van der Waals surface area (Å²) >= 11 is 0. The predicted molar refractivity (Wildman–Crippen MR) is 604 cm³/mol. The fourth-order valence-corrected chi connectivity index (χ4v) is 15.3. The van der Waals surface area contributed by atoms with Crippen molar-refractivity contribution >= 4 is 82.3 Å². The van der Waals surface area contributed by atoms with E-state index in [1.807, 2.05) is 154 Å². The number of anilines is 7. The summed E-state index contributed by atoms with van der Waals surface area (Å²) in [7, 11) is 1.67. The minimum atomic E-state index is 0.483. The summed E-state index contributed by atoms with van der Waals surface area (Å²) in [5, 5.41) is 61.6. The fourth-order valence-electron chi connectivity index (χ4n) is 15.3. The van der Waals surface area contributed by atoms with Gasteiger partial charge in [0.15, 0.2) is 0 Å². The summed E-state index contributed by atoms with van der Waals surface area (Å²) < 4.78 is 5.46. The first-order valence-electron chi connectivity index (χ1n) is 49.5. The topological polar surface area (TPSA) is 198 Å². The van der Waals surface area contributed by atoms with Gasteiger partial charge >= 0.3 is 0 Å². The number of hydrogen-bond donors (Lipinski definition) is 0. The maximum atomic E-state index is 8.94. The highest BCUT2D eigenvalue weighted by Crippen LogP contribution is 2.31. The Kier molecular flexibility index (Phi) is 58.7. The molecule has 0 unspecified atom stereocenters. The van der Waals surface area contributed by atoms with Gasteiger partial charge in [0.1, 0.15) is 5.75 Å². The Balaban J connectivity index is 0.000000345. The molecular formula is C126H152N14O. The second kappa shape index (κ2) is 70.2. The molecular weight excluding hydrogens is 1730 g/mol. The van der Waals surface area contributed by atoms with Gasteiger partial charge in [0.25, 0.3) is 0 Å². The van der Waals surface area contributed by atoms with Gasteiger partial charge < -0.3 is 39.0 Å². The predicted octanol–water partition coefficient (Wildman–Crippen LogP) is 30.7. The Hall–Kier alpha value is -15.4. The monoisotopic (exact) mass is 1880 g/mol. The number of nitriles is 7. The van der Waals surface area contributed by atoms with Gasteiger partial charge in [-0.2, -0.15) is 36.8 Å². The van der Waals surface area contributed by atoms with Crippen LogP contribution in [0.25, 0.3) is 42.5 Å². The summed E-state index contributed by atoms with van der Waals surface area (Å²) in [6.45, 7) is 51.2. The Bertz CT molecular complexity index is 5710. The van der Waals surface area contributed by atoms with Crippen molar-refractivity contribution in [3.8, 4) is 72.9 Å². The van der Waals surface area contributed by atoms with E-state index < -0.39 is 0 Å². The smallest absolute Gasteiger partial charge is 0.128 e. The summed E-state index contributed by atoms with van der Waals surface area (Å²) in [6, 6.07) is 92.0. The number of methoxy groups -OCH3 is 1. The van der Waals surface area contributed by atoms with Crippen LogP contribution in [-0.2, 0) is 13.1 Å². The highest BCUT2D eigenvalue weighted by Gasteiger charge is 2.16. The Morgan fingerprint density at radius 2 is 0.645 bits per heavy atom. The number of benzene rings is 9. The molecule has 1 fully saturated rings. The van der Waals surface area contributed by atoms with Crippen LogP contribution < -0.4 is 39.0 Å². The van der Waals surface area contributed by atoms with E-state index in [9.17, 15) is 0 Å². The van der Waals surface area contributed by atoms with Crippen molar-refractivity contribution in [1.29, 1.82) is 36.8 Å². The zero-order valence-electron chi connectivity index (χ0n) is 87.1. The lowest BCUT2D eigenvalue weighted by molar-refractivity contribution is 0.414. The molecule has 0 bridgehead atoms. The third-order valence-corrected chi connectivity index (χ3v) is 22.3. The number of allylic oxidation sites excluding steroid dienone is 7. The number of rotatable bonds is 41. The van der Waals surface area contributed by atoms with E-state index in [1.165, 1.54) is 110 Å². The average Bonchev–Trinajstić information content (AvgIpc) is 0.835. The van der Waals surface area contributed by atoms with Gasteiger partial charge in [-0.3, -0.25) is 0 Å². The minimum absolute atomic E-state index is 0.483. The fraction of sp³-hybridized carbons (Fsp3) is 0.341. The number of piperidine rings is 1. The van der Waals surface area contributed by atoms with E-state index in [2.05, 4.69) is 310 Å². The van der Waals surface area contributed by atoms with Crippen LogP contribution in [-0.4, -0.2) is 85.6 Å². The Morgan fingerprint density at radius 1 is 0.348 bits per heavy atom. The highest BCUT2D eigenvalue weighted by molar-refractivity contribution is 5.69. The number of unbranched alkanes of at least 4 members (excludes halogenated alkanes) is 4. The number of terminal acetylenes is 2. The molecule has 15 nitrogen and oxygen atoms in total. The molecule has 0 spiro atoms. The lowest BCUT2D eigenvalue weighted by atomic mass is 10.1. The van der Waals surface area contributed by atoms with E-state index >= 15 is 0 Å². The van der Waals surface area contributed by atoms with Crippen molar-refractivity contribution in [2.45, 2.75) is 188 Å². The molecule has 141 heavy (non-hydrogen) atoms. The van der Waals surface area contributed by atoms with Crippen molar-refractivity contribution in [3.63, 3.8) is 0 Å². The van der Waals surface area contributed by atoms with Gasteiger partial charge in [-0.25, -0.2) is 0 Å². The lowest BCUT2D eigenvalue weighted by Gasteiger charge is -2.28. The van der Waals surface area contributed by atoms with E-state index in [0.29, 0.717) is 47.2 Å². The first-order valence-corrected chi connectivity index (χ1v) is 49.5. The largest absolute Gasteiger partial charge is 0.496 e. The maximum Gasteiger partial charge on any atom is 0.128 e. The second-order valence-electron chi connectivity index (χ2n) is 35.8. The number of hydrogen-bond acceptors (Lipinski definition) is 15. The van der Waals surface area contributed by atoms with Crippen LogP contribution in [0.5, 0.6) is 5.75 Å². The zero-order chi connectivity index (χ0) is 103. The zero-order valence-corrected chi connectivity index (χ0v) is 87.1. The summed E-state index contributed by atoms with van der Waals surface area (Å²) in [5.41, 5.74) is 23.2. The molecule has 0 radical (unpaired) electrons. The molecule has 0 saturated carbocycles. The first-order chi connectivity index (χ1) is 68.2. The molecule has 0 N–H and O–H groups in total. The highest BCUT2D eigenvalue weighted by atomic mass is 16.5. The normalized spacial score (nSPS) is 11.7. The second-order valence-corrected chi connectivity index (χ2v) is 35.8. The van der Waals surface area contributed by atoms with Gasteiger partial charge in [-0.15, -0.1) is 26.0 Å². The van der Waals surface area contributed by atoms with Crippen LogP contribution in [0, 0.1) is 116 Å². The molecule has 9 aromatic rings. The first kappa shape index (κ1) is 118. The van der Waals surface area contributed by atoms with Gasteiger partial charge in [0.2, 0.25) is 0 Å². The maximum absolute atomic E-state index is 8.94. The van der Waals surface area contributed by atoms with Crippen molar-refractivity contribution in [1.82, 2.24) is 0 Å². The van der Waals surface area contributed by atoms with E-state index in [-0.39, 0.29) is 0 Å². The molecule has 9 aromatic carbocycles. The quantitative estimate of drug-likeness (QED) is 0.0152. The molecule has 15 heteroatoms. The van der Waals surface area contributed by atoms with E-state index in [1.54, 1.807) is 27.9 Å². The van der Waals surface area contributed by atoms with Crippen molar-refractivity contribution in [2.75, 3.05) is 120 Å². The molecule has 0 aliphatic carbocycles. The SMILES string of the molecule is C#CCN(CC#C)c1ccc(/C=C(/C)C#N)cc1.C/C(C#N)=C/c1ccc(N(CC(C)C)CC(C)C)cc1.C/C(C#N)=C/c1ccc(N(Cc2ccccc2)Cc2ccccc2)cc1.C/C(C#N)=C/c1ccc(N2CCCCC2)cc1.C=CCN(CC=C)c1ccc(/C=C(/C)C#N)cc1.CCCCCN(CCCCC)c1ccc(/C=C(/C)C#N)cc1.CCCN(CCC)c1ccc(/C=C(/C)C#N)c(OC)c1. The molecule has 10 rings (SSSR count). The Morgan fingerprint density at radius 3 is 0.950 bits per heavy atom. The van der Waals surface area contributed by atoms with E-state index in [0.717, 1.165) is 151 Å². The average molecular weight is 1880 g/mol. The summed E-state index contributed by atoms with van der Waals surface area (Å²) in [5.74, 6) is 7.27. The minimum Gasteiger partial charge on any atom is -0.496 e. The van der Waals surface area contributed by atoms with E-state index in [4.69, 9.17) is 54.4 Å². The lowest BCUT2D eigenvalue weighted by Crippen LogP contribution is -2.31. The van der Waals surface area contributed by atoms with Crippen LogP contribution in [0.1, 0.15) is 225 Å². The summed E-state index contributed by atoms with van der Waals surface area (Å²) in [6.07, 6.45) is 41.4. The van der Waals surface area contributed by atoms with Crippen LogP contribution in [0.3, 0.4) is 0 Å². The van der Waals surface area contributed by atoms with Gasteiger partial charge in [-0.05, 0) is 277 Å². The van der Waals surface area contributed by atoms with Gasteiger partial charge in [-0.1, -0.05) is 239 Å². The molecule has 0 atom stereocenters. The van der Waals surface area contributed by atoms with Gasteiger partial charge in [0, 0.05) is 169 Å². The molecule has 0 aromatic heterocycles. The number of nitrogens with zero attached hydrogens (tertiary/aromatic N) is 14. The molecule has 732 valence electrons. The molecule has 1 heterocycles. The standard InChI is InChI=1S/C24H22N2.C20H30N2.C18H26N2.C17H24N2O.C16H18N2.C16H14N2.C15H18N2/c1-20(17-25)16-21-12-14-24(15-13-21)26(18-22-8-4-2-5-9-22)19-23-10-6-3-7-11-23;1-4-6-8-14-22(15-9-7-5-2)20-12-10-19(11-13-20)16-18(3)17-21;1-14(2)12-20(13-15(3)4)18-8-6-17(7-9-18)10-16(5)11-19;1-5-9-19(10-6-2)16-8-7-15(11-14(3)13-18)17(12-16)20-4;2*1-4-10-18(11-5-2)16-8-6-15(7-9-16)12-14(3)13-17;1-13(12-16)11-14-5-7-15(8-6-14)17-9-3-2-4-10-17/h2-16H,18-19H2,1H3;10-13,16H,4-9,14-15H2,1-3H3;6-10,14-15H,12-13H2,1-5H3;7-8,11-12H,5-6,9-10H2,1-4H3;4-9,12H,1-2,10-11H2,3H3;1-2,6-9,12H,10-11H2,3H3;5-8,11H,2-4,9-10H2,1H3/b20-16-;18-16-;16-10-;14-11-;2*14-12-;13-11-. The third-order valence-electron chi connectivity index (χ3n) is 22.3. The third kappa shape index (κ3) is 48.0. The van der Waals surface area contributed by atoms with Crippen LogP contribution in [0.15, 0.2) is 289 Å². The Labute approximate surface area is 849 Å². The number of ether oxygens (including phenoxy) is 1. The van der Waals surface area contributed by atoms with Crippen molar-refractivity contribution < 1.29 is 4.74 Å². The summed E-state index contributed by atoms with van der Waals surface area (Å²) in [4.78, 5) is 16.2. The van der Waals surface area contributed by atoms with Crippen LogP contribution >= 0.6 is 0 Å². The molecule has 1 aliphatic heterocycles. The van der Waals surface area contributed by atoms with Crippen molar-refractivity contribution in [3.05, 3.63) is 339 Å². The van der Waals surface area contributed by atoms with Crippen molar-refractivity contribution in [2.24, 2.45) is 11.8 Å². The van der Waals surface area contributed by atoms with Crippen LogP contribution in [0.2, 0.25) is 0 Å². The van der Waals surface area contributed by atoms with Gasteiger partial charge in [0.05, 0.1) is 62.7 Å².